The number of aromatic nitrogens is 3. The van der Waals surface area contributed by atoms with Crippen LogP contribution in [0.15, 0.2) is 61.2 Å². The molecule has 30 heavy (non-hydrogen) atoms. The smallest absolute Gasteiger partial charge is 0.238 e. The summed E-state index contributed by atoms with van der Waals surface area (Å²) >= 11 is 0. The number of benzene rings is 1. The minimum absolute atomic E-state index is 0.0300. The lowest BCUT2D eigenvalue weighted by Crippen LogP contribution is -2.49. The lowest BCUT2D eigenvalue weighted by molar-refractivity contribution is -0.117. The van der Waals surface area contributed by atoms with E-state index in [4.69, 9.17) is 4.74 Å². The Balaban J connectivity index is 1.31. The van der Waals surface area contributed by atoms with Gasteiger partial charge in [-0.05, 0) is 24.3 Å². The molecule has 1 aromatic carbocycles. The van der Waals surface area contributed by atoms with Crippen LogP contribution in [0.1, 0.15) is 0 Å². The fourth-order valence-corrected chi connectivity index (χ4v) is 3.43. The summed E-state index contributed by atoms with van der Waals surface area (Å²) in [7, 11) is 1.61. The van der Waals surface area contributed by atoms with Crippen molar-refractivity contribution in [1.82, 2.24) is 19.9 Å². The number of nitrogens with zero attached hydrogens (tertiary/aromatic N) is 5. The van der Waals surface area contributed by atoms with E-state index in [2.05, 4.69) is 30.1 Å². The number of amides is 1. The predicted molar refractivity (Wildman–Crippen MR) is 116 cm³/mol. The van der Waals surface area contributed by atoms with Gasteiger partial charge in [0.05, 0.1) is 19.3 Å². The Hall–Kier alpha value is -3.52. The predicted octanol–water partition coefficient (Wildman–Crippen LogP) is 2.31. The van der Waals surface area contributed by atoms with Crippen molar-refractivity contribution in [2.24, 2.45) is 0 Å². The normalized spacial score (nSPS) is 14.4. The summed E-state index contributed by atoms with van der Waals surface area (Å²) in [6, 6.07) is 13.2. The Morgan fingerprint density at radius 1 is 1.10 bits per heavy atom. The van der Waals surface area contributed by atoms with E-state index < -0.39 is 0 Å². The number of methoxy groups -OCH3 is 1. The Morgan fingerprint density at radius 3 is 2.73 bits per heavy atom. The van der Waals surface area contributed by atoms with Gasteiger partial charge in [0.25, 0.3) is 0 Å². The van der Waals surface area contributed by atoms with Crippen molar-refractivity contribution < 1.29 is 9.53 Å². The lowest BCUT2D eigenvalue weighted by atomic mass is 10.2. The van der Waals surface area contributed by atoms with Gasteiger partial charge < -0.3 is 15.0 Å². The van der Waals surface area contributed by atoms with E-state index in [-0.39, 0.29) is 5.91 Å². The summed E-state index contributed by atoms with van der Waals surface area (Å²) in [6.45, 7) is 3.54. The average Bonchev–Trinajstić information content (AvgIpc) is 2.80. The van der Waals surface area contributed by atoms with Crippen LogP contribution in [0.5, 0.6) is 5.75 Å². The van der Waals surface area contributed by atoms with E-state index in [0.29, 0.717) is 6.54 Å². The highest BCUT2D eigenvalue weighted by molar-refractivity contribution is 5.92. The molecule has 0 bridgehead atoms. The summed E-state index contributed by atoms with van der Waals surface area (Å²) in [6.07, 6.45) is 5.13. The van der Waals surface area contributed by atoms with E-state index in [9.17, 15) is 4.79 Å². The highest BCUT2D eigenvalue weighted by Gasteiger charge is 2.20. The molecule has 2 aromatic heterocycles. The molecule has 8 nitrogen and oxygen atoms in total. The molecule has 3 aromatic rings. The van der Waals surface area contributed by atoms with Gasteiger partial charge in [-0.1, -0.05) is 6.07 Å². The Kier molecular flexibility index (Phi) is 6.14. The molecular formula is C22H24N6O2. The molecule has 0 unspecified atom stereocenters. The molecule has 1 N–H and O–H groups in total. The van der Waals surface area contributed by atoms with Crippen LogP contribution in [0.4, 0.5) is 11.5 Å². The summed E-state index contributed by atoms with van der Waals surface area (Å²) in [5, 5.41) is 2.93. The second kappa shape index (κ2) is 9.32. The number of piperazine rings is 1. The van der Waals surface area contributed by atoms with Gasteiger partial charge in [0, 0.05) is 62.0 Å². The van der Waals surface area contributed by atoms with Crippen molar-refractivity contribution in [3.63, 3.8) is 0 Å². The van der Waals surface area contributed by atoms with Gasteiger partial charge in [0.1, 0.15) is 17.9 Å². The maximum Gasteiger partial charge on any atom is 0.238 e. The van der Waals surface area contributed by atoms with Crippen molar-refractivity contribution in [2.75, 3.05) is 50.1 Å². The van der Waals surface area contributed by atoms with Crippen LogP contribution in [-0.4, -0.2) is 65.6 Å². The summed E-state index contributed by atoms with van der Waals surface area (Å²) in [4.78, 5) is 29.7. The van der Waals surface area contributed by atoms with Crippen LogP contribution < -0.4 is 15.0 Å². The SMILES string of the molecule is COc1cccc(NC(=O)CN2CCN(c3cc(-c4cccnc4)ncn3)CC2)c1. The van der Waals surface area contributed by atoms with Crippen LogP contribution >= 0.6 is 0 Å². The first-order chi connectivity index (χ1) is 14.7. The zero-order valence-electron chi connectivity index (χ0n) is 16.9. The van der Waals surface area contributed by atoms with Crippen LogP contribution in [0.2, 0.25) is 0 Å². The Bertz CT molecular complexity index is 990. The molecule has 4 rings (SSSR count). The number of ether oxygens (including phenoxy) is 1. The third kappa shape index (κ3) is 4.90. The molecule has 0 atom stereocenters. The second-order valence-electron chi connectivity index (χ2n) is 7.05. The molecule has 0 saturated carbocycles. The van der Waals surface area contributed by atoms with Crippen molar-refractivity contribution in [2.45, 2.75) is 0 Å². The van der Waals surface area contributed by atoms with Gasteiger partial charge in [-0.2, -0.15) is 0 Å². The van der Waals surface area contributed by atoms with Crippen molar-refractivity contribution in [3.05, 3.63) is 61.2 Å². The molecule has 0 radical (unpaired) electrons. The van der Waals surface area contributed by atoms with E-state index in [1.807, 2.05) is 42.5 Å². The fourth-order valence-electron chi connectivity index (χ4n) is 3.43. The second-order valence-corrected chi connectivity index (χ2v) is 7.05. The van der Waals surface area contributed by atoms with Gasteiger partial charge in [-0.25, -0.2) is 9.97 Å². The number of rotatable bonds is 6. The lowest BCUT2D eigenvalue weighted by Gasteiger charge is -2.35. The number of carbonyl (C=O) groups is 1. The molecule has 1 fully saturated rings. The zero-order chi connectivity index (χ0) is 20.8. The molecule has 1 saturated heterocycles. The topological polar surface area (TPSA) is 83.5 Å². The molecule has 154 valence electrons. The zero-order valence-corrected chi connectivity index (χ0v) is 16.9. The third-order valence-corrected chi connectivity index (χ3v) is 5.03. The first-order valence-electron chi connectivity index (χ1n) is 9.85. The first-order valence-corrected chi connectivity index (χ1v) is 9.85. The Labute approximate surface area is 175 Å². The number of pyridine rings is 1. The van der Waals surface area contributed by atoms with Gasteiger partial charge in [-0.15, -0.1) is 0 Å². The third-order valence-electron chi connectivity index (χ3n) is 5.03. The largest absolute Gasteiger partial charge is 0.497 e. The minimum Gasteiger partial charge on any atom is -0.497 e. The quantitative estimate of drug-likeness (QED) is 0.675. The fraction of sp³-hybridized carbons (Fsp3) is 0.273. The van der Waals surface area contributed by atoms with Crippen LogP contribution in [0.3, 0.4) is 0 Å². The molecule has 3 heterocycles. The molecule has 0 spiro atoms. The molecular weight excluding hydrogens is 380 g/mol. The highest BCUT2D eigenvalue weighted by Crippen LogP contribution is 2.21. The standard InChI is InChI=1S/C22H24N6O2/c1-30-19-6-2-5-18(12-19)26-22(29)15-27-8-10-28(11-9-27)21-13-20(24-16-25-21)17-4-3-7-23-14-17/h2-7,12-14,16H,8-11,15H2,1H3,(H,26,29). The van der Waals surface area contributed by atoms with E-state index in [0.717, 1.165) is 54.7 Å². The monoisotopic (exact) mass is 404 g/mol. The molecule has 0 aliphatic carbocycles. The maximum atomic E-state index is 12.4. The van der Waals surface area contributed by atoms with Gasteiger partial charge in [0.2, 0.25) is 5.91 Å². The summed E-state index contributed by atoms with van der Waals surface area (Å²) < 4.78 is 5.20. The molecule has 1 aliphatic heterocycles. The van der Waals surface area contributed by atoms with Gasteiger partial charge in [-0.3, -0.25) is 14.7 Å². The van der Waals surface area contributed by atoms with E-state index in [1.54, 1.807) is 25.8 Å². The number of nitrogens with one attached hydrogen (secondary N) is 1. The van der Waals surface area contributed by atoms with Crippen LogP contribution in [0, 0.1) is 0 Å². The van der Waals surface area contributed by atoms with E-state index >= 15 is 0 Å². The van der Waals surface area contributed by atoms with Crippen molar-refractivity contribution in [3.8, 4) is 17.0 Å². The van der Waals surface area contributed by atoms with Gasteiger partial charge >= 0.3 is 0 Å². The number of hydrogen-bond donors (Lipinski definition) is 1. The number of carbonyl (C=O) groups excluding carboxylic acids is 1. The molecule has 1 amide bonds. The maximum absolute atomic E-state index is 12.4. The number of hydrogen-bond acceptors (Lipinski definition) is 7. The van der Waals surface area contributed by atoms with Crippen molar-refractivity contribution >= 4 is 17.4 Å². The molecule has 1 aliphatic rings. The minimum atomic E-state index is -0.0300. The summed E-state index contributed by atoms with van der Waals surface area (Å²) in [5.74, 6) is 1.58. The van der Waals surface area contributed by atoms with Gasteiger partial charge in [0.15, 0.2) is 0 Å². The Morgan fingerprint density at radius 2 is 1.97 bits per heavy atom. The van der Waals surface area contributed by atoms with Crippen molar-refractivity contribution in [1.29, 1.82) is 0 Å². The summed E-state index contributed by atoms with van der Waals surface area (Å²) in [5.41, 5.74) is 2.56. The molecule has 8 heteroatoms. The first kappa shape index (κ1) is 19.8. The number of anilines is 2. The van der Waals surface area contributed by atoms with E-state index in [1.165, 1.54) is 0 Å². The van der Waals surface area contributed by atoms with Crippen LogP contribution in [0.25, 0.3) is 11.3 Å². The highest BCUT2D eigenvalue weighted by atomic mass is 16.5. The van der Waals surface area contributed by atoms with Crippen LogP contribution in [-0.2, 0) is 4.79 Å². The average molecular weight is 404 g/mol.